The molecule has 10 aromatic rings. The third-order valence-corrected chi connectivity index (χ3v) is 14.6. The highest BCUT2D eigenvalue weighted by atomic mass is 28.3. The van der Waals surface area contributed by atoms with Gasteiger partial charge in [-0.1, -0.05) is 116 Å². The van der Waals surface area contributed by atoms with Crippen molar-refractivity contribution in [2.75, 3.05) is 0 Å². The molecule has 5 heteroatoms. The maximum absolute atomic E-state index is 5.45. The number of rotatable bonds is 2. The van der Waals surface area contributed by atoms with Crippen LogP contribution < -0.4 is 10.4 Å². The van der Waals surface area contributed by atoms with Crippen LogP contribution in [-0.2, 0) is 0 Å². The van der Waals surface area contributed by atoms with E-state index in [1.165, 1.54) is 32.3 Å². The molecule has 0 bridgehead atoms. The SMILES string of the molecule is C[Si]1(C)c2ccccc2-c2cc3c(-c4ccc5ccc6cccnc6c5n4)c4ccccc4c(-c4ccc5ccc6cccnc6c5n4)c3cc21. The molecule has 238 valence electrons. The molecule has 0 fully saturated rings. The molecule has 5 heterocycles. The molecule has 1 aliphatic heterocycles. The Morgan fingerprint density at radius 1 is 0.392 bits per heavy atom. The molecule has 0 spiro atoms. The van der Waals surface area contributed by atoms with Crippen molar-refractivity contribution in [1.82, 2.24) is 19.9 Å². The van der Waals surface area contributed by atoms with Crippen LogP contribution in [0.3, 0.4) is 0 Å². The van der Waals surface area contributed by atoms with Gasteiger partial charge in [-0.05, 0) is 73.4 Å². The molecule has 0 unspecified atom stereocenters. The van der Waals surface area contributed by atoms with Crippen molar-refractivity contribution in [2.45, 2.75) is 13.1 Å². The van der Waals surface area contributed by atoms with E-state index in [-0.39, 0.29) is 0 Å². The summed E-state index contributed by atoms with van der Waals surface area (Å²) in [6.45, 7) is 4.97. The first-order chi connectivity index (χ1) is 25.0. The second kappa shape index (κ2) is 10.4. The van der Waals surface area contributed by atoms with E-state index in [0.29, 0.717) is 0 Å². The van der Waals surface area contributed by atoms with E-state index < -0.39 is 8.07 Å². The third-order valence-electron chi connectivity index (χ3n) is 11.1. The minimum absolute atomic E-state index is 0.919. The standard InChI is InChI=1S/C46H30N4Si/c1-51(2)39-14-6-5-11-31(39)34-25-35-36(26-40(34)51)42(38-22-20-30-18-16-28-10-8-24-48-44(28)46(30)50-38)33-13-4-3-12-32(33)41(35)37-21-19-29-17-15-27-9-7-23-47-43(27)45(29)49-37/h3-26H,1-2H3. The van der Waals surface area contributed by atoms with E-state index >= 15 is 0 Å². The monoisotopic (exact) mass is 666 g/mol. The van der Waals surface area contributed by atoms with Gasteiger partial charge in [0.15, 0.2) is 0 Å². The predicted octanol–water partition coefficient (Wildman–Crippen LogP) is 10.3. The van der Waals surface area contributed by atoms with E-state index in [9.17, 15) is 0 Å². The number of fused-ring (bicyclic) bond motifs is 11. The fourth-order valence-corrected chi connectivity index (χ4v) is 11.7. The molecule has 6 aromatic carbocycles. The van der Waals surface area contributed by atoms with Gasteiger partial charge < -0.3 is 0 Å². The normalized spacial score (nSPS) is 13.5. The van der Waals surface area contributed by atoms with Crippen LogP contribution in [0.4, 0.5) is 0 Å². The summed E-state index contributed by atoms with van der Waals surface area (Å²) in [5.41, 5.74) is 10.6. The molecule has 0 saturated heterocycles. The van der Waals surface area contributed by atoms with Gasteiger partial charge in [0.25, 0.3) is 0 Å². The first-order valence-corrected chi connectivity index (χ1v) is 20.5. The van der Waals surface area contributed by atoms with Gasteiger partial charge in [-0.25, -0.2) is 9.97 Å². The average Bonchev–Trinajstić information content (AvgIpc) is 3.40. The summed E-state index contributed by atoms with van der Waals surface area (Å²) in [5, 5.41) is 12.0. The van der Waals surface area contributed by atoms with Crippen LogP contribution in [-0.4, -0.2) is 28.0 Å². The summed E-state index contributed by atoms with van der Waals surface area (Å²) < 4.78 is 0. The Morgan fingerprint density at radius 2 is 0.882 bits per heavy atom. The number of nitrogens with zero attached hydrogens (tertiary/aromatic N) is 4. The summed E-state index contributed by atoms with van der Waals surface area (Å²) in [7, 11) is -1.99. The lowest BCUT2D eigenvalue weighted by atomic mass is 9.87. The van der Waals surface area contributed by atoms with Crippen LogP contribution in [0.15, 0.2) is 146 Å². The minimum Gasteiger partial charge on any atom is -0.254 e. The molecule has 0 amide bonds. The zero-order valence-electron chi connectivity index (χ0n) is 28.1. The van der Waals surface area contributed by atoms with Crippen LogP contribution >= 0.6 is 0 Å². The topological polar surface area (TPSA) is 51.6 Å². The van der Waals surface area contributed by atoms with Gasteiger partial charge in [0.1, 0.15) is 8.07 Å². The number of hydrogen-bond acceptors (Lipinski definition) is 4. The Morgan fingerprint density at radius 3 is 1.47 bits per heavy atom. The van der Waals surface area contributed by atoms with Crippen LogP contribution in [0.25, 0.3) is 98.8 Å². The van der Waals surface area contributed by atoms with Crippen molar-refractivity contribution < 1.29 is 0 Å². The van der Waals surface area contributed by atoms with Gasteiger partial charge >= 0.3 is 0 Å². The Hall–Kier alpha value is -6.30. The van der Waals surface area contributed by atoms with E-state index in [1.807, 2.05) is 24.5 Å². The van der Waals surface area contributed by atoms with E-state index in [2.05, 4.69) is 134 Å². The first-order valence-electron chi connectivity index (χ1n) is 17.5. The lowest BCUT2D eigenvalue weighted by Crippen LogP contribution is -2.49. The summed E-state index contributed by atoms with van der Waals surface area (Å²) in [6, 6.07) is 48.3. The van der Waals surface area contributed by atoms with E-state index in [4.69, 9.17) is 19.9 Å². The van der Waals surface area contributed by atoms with E-state index in [0.717, 1.165) is 76.9 Å². The van der Waals surface area contributed by atoms with E-state index in [1.54, 1.807) is 0 Å². The second-order valence-corrected chi connectivity index (χ2v) is 18.6. The zero-order valence-corrected chi connectivity index (χ0v) is 29.1. The fraction of sp³-hybridized carbons (Fsp3) is 0.0435. The van der Waals surface area contributed by atoms with Crippen LogP contribution in [0, 0.1) is 0 Å². The zero-order chi connectivity index (χ0) is 33.8. The minimum atomic E-state index is -1.99. The molecular formula is C46H30N4Si. The lowest BCUT2D eigenvalue weighted by Gasteiger charge is -2.22. The third kappa shape index (κ3) is 4.01. The first kappa shape index (κ1) is 28.5. The molecule has 0 radical (unpaired) electrons. The summed E-state index contributed by atoms with van der Waals surface area (Å²) >= 11 is 0. The molecular weight excluding hydrogens is 637 g/mol. The largest absolute Gasteiger partial charge is 0.254 e. The second-order valence-electron chi connectivity index (χ2n) is 14.2. The van der Waals surface area contributed by atoms with Gasteiger partial charge in [0.05, 0.1) is 33.5 Å². The number of benzene rings is 6. The number of pyridine rings is 4. The quantitative estimate of drug-likeness (QED) is 0.105. The Balaban J connectivity index is 1.30. The van der Waals surface area contributed by atoms with Gasteiger partial charge in [0.2, 0.25) is 0 Å². The average molecular weight is 667 g/mol. The lowest BCUT2D eigenvalue weighted by molar-refractivity contribution is 1.37. The van der Waals surface area contributed by atoms with Gasteiger partial charge in [-0.2, -0.15) is 0 Å². The predicted molar refractivity (Wildman–Crippen MR) is 216 cm³/mol. The fourth-order valence-electron chi connectivity index (χ4n) is 8.65. The molecule has 51 heavy (non-hydrogen) atoms. The molecule has 4 aromatic heterocycles. The Kier molecular flexibility index (Phi) is 5.79. The van der Waals surface area contributed by atoms with Gasteiger partial charge in [-0.3, -0.25) is 9.97 Å². The van der Waals surface area contributed by atoms with Gasteiger partial charge in [0, 0.05) is 45.1 Å². The van der Waals surface area contributed by atoms with Crippen LogP contribution in [0.5, 0.6) is 0 Å². The summed E-state index contributed by atoms with van der Waals surface area (Å²) in [5.74, 6) is 0. The van der Waals surface area contributed by atoms with Crippen molar-refractivity contribution in [3.63, 3.8) is 0 Å². The number of hydrogen-bond donors (Lipinski definition) is 0. The Labute approximate surface area is 295 Å². The smallest absolute Gasteiger partial charge is 0.113 e. The van der Waals surface area contributed by atoms with Gasteiger partial charge in [-0.15, -0.1) is 0 Å². The maximum atomic E-state index is 5.45. The summed E-state index contributed by atoms with van der Waals surface area (Å²) in [4.78, 5) is 20.5. The molecule has 11 rings (SSSR count). The highest BCUT2D eigenvalue weighted by molar-refractivity contribution is 7.04. The van der Waals surface area contributed by atoms with Crippen molar-refractivity contribution in [3.8, 4) is 33.6 Å². The van der Waals surface area contributed by atoms with Crippen molar-refractivity contribution in [2.24, 2.45) is 0 Å². The highest BCUT2D eigenvalue weighted by Crippen LogP contribution is 2.45. The molecule has 0 aliphatic carbocycles. The number of aromatic nitrogens is 4. The summed E-state index contributed by atoms with van der Waals surface area (Å²) in [6.07, 6.45) is 3.72. The molecule has 0 atom stereocenters. The Bertz CT molecular complexity index is 3130. The molecule has 1 aliphatic rings. The molecule has 0 N–H and O–H groups in total. The van der Waals surface area contributed by atoms with Crippen molar-refractivity contribution >= 4 is 83.6 Å². The van der Waals surface area contributed by atoms with Crippen molar-refractivity contribution in [3.05, 3.63) is 146 Å². The maximum Gasteiger partial charge on any atom is 0.113 e. The van der Waals surface area contributed by atoms with Crippen LogP contribution in [0.1, 0.15) is 0 Å². The highest BCUT2D eigenvalue weighted by Gasteiger charge is 2.38. The molecule has 4 nitrogen and oxygen atoms in total. The van der Waals surface area contributed by atoms with Crippen molar-refractivity contribution in [1.29, 1.82) is 0 Å². The molecule has 0 saturated carbocycles. The van der Waals surface area contributed by atoms with Crippen LogP contribution in [0.2, 0.25) is 13.1 Å².